The molecule has 180 valence electrons. The third kappa shape index (κ3) is 6.64. The van der Waals surface area contributed by atoms with Crippen molar-refractivity contribution in [1.82, 2.24) is 20.2 Å². The van der Waals surface area contributed by atoms with Gasteiger partial charge < -0.3 is 21.1 Å². The Kier molecular flexibility index (Phi) is 8.00. The molecule has 1 saturated heterocycles. The molecule has 11 heteroatoms. The molecule has 0 spiro atoms. The molecule has 0 bridgehead atoms. The maximum absolute atomic E-state index is 12.1. The van der Waals surface area contributed by atoms with Gasteiger partial charge in [0.2, 0.25) is 5.91 Å². The molecule has 34 heavy (non-hydrogen) atoms. The second-order valence-corrected chi connectivity index (χ2v) is 7.63. The van der Waals surface area contributed by atoms with Gasteiger partial charge in [0.25, 0.3) is 0 Å². The van der Waals surface area contributed by atoms with Gasteiger partial charge in [0.15, 0.2) is 0 Å². The number of aliphatic carboxylic acids is 1. The number of nitrogens with two attached hydrogens (primary N) is 1. The average molecular weight is 475 g/mol. The van der Waals surface area contributed by atoms with Crippen LogP contribution in [0.2, 0.25) is 0 Å². The minimum atomic E-state index is -5.08. The van der Waals surface area contributed by atoms with Crippen LogP contribution in [0.4, 0.5) is 19.0 Å². The topological polar surface area (TPSA) is 121 Å². The molecule has 8 nitrogen and oxygen atoms in total. The summed E-state index contributed by atoms with van der Waals surface area (Å²) >= 11 is 0. The Bertz CT molecular complexity index is 1140. The number of carbonyl (C=O) groups excluding carboxylic acids is 1. The molecule has 3 aromatic rings. The van der Waals surface area contributed by atoms with Crippen LogP contribution in [0.5, 0.6) is 0 Å². The van der Waals surface area contributed by atoms with E-state index in [9.17, 15) is 18.0 Å². The normalized spacial score (nSPS) is 14.6. The van der Waals surface area contributed by atoms with E-state index in [1.807, 2.05) is 47.4 Å². The van der Waals surface area contributed by atoms with Crippen molar-refractivity contribution in [3.63, 3.8) is 0 Å². The fraction of sp³-hybridized carbons (Fsp3) is 0.304. The van der Waals surface area contributed by atoms with Crippen molar-refractivity contribution in [2.75, 3.05) is 18.8 Å². The van der Waals surface area contributed by atoms with Crippen molar-refractivity contribution in [2.45, 2.75) is 31.6 Å². The van der Waals surface area contributed by atoms with Crippen LogP contribution in [0.3, 0.4) is 0 Å². The second-order valence-electron chi connectivity index (χ2n) is 7.63. The maximum atomic E-state index is 12.1. The van der Waals surface area contributed by atoms with Gasteiger partial charge in [0, 0.05) is 24.9 Å². The lowest BCUT2D eigenvalue weighted by Crippen LogP contribution is -2.36. The number of benzene rings is 2. The molecule has 4 N–H and O–H groups in total. The van der Waals surface area contributed by atoms with Crippen LogP contribution in [-0.2, 0) is 16.1 Å². The smallest absolute Gasteiger partial charge is 0.475 e. The summed E-state index contributed by atoms with van der Waals surface area (Å²) in [4.78, 5) is 31.9. The predicted molar refractivity (Wildman–Crippen MR) is 119 cm³/mol. The first kappa shape index (κ1) is 24.9. The molecular weight excluding hydrogens is 451 g/mol. The summed E-state index contributed by atoms with van der Waals surface area (Å²) in [5, 5.41) is 11.5. The lowest BCUT2D eigenvalue weighted by molar-refractivity contribution is -0.192. The number of carboxylic acid groups (broad SMARTS) is 1. The molecule has 0 aliphatic carbocycles. The Hall–Kier alpha value is -3.73. The largest absolute Gasteiger partial charge is 0.490 e. The van der Waals surface area contributed by atoms with Crippen LogP contribution in [0, 0.1) is 0 Å². The molecule has 2 aromatic carbocycles. The number of alkyl halides is 3. The number of hydrogen-bond donors (Lipinski definition) is 3. The molecule has 1 unspecified atom stereocenters. The molecule has 4 rings (SSSR count). The highest BCUT2D eigenvalue weighted by molar-refractivity contribution is 5.87. The number of nitrogens with one attached hydrogen (secondary N) is 1. The Morgan fingerprint density at radius 2 is 1.76 bits per heavy atom. The van der Waals surface area contributed by atoms with E-state index in [0.29, 0.717) is 31.2 Å². The van der Waals surface area contributed by atoms with Crippen LogP contribution in [0.25, 0.3) is 10.9 Å². The summed E-state index contributed by atoms with van der Waals surface area (Å²) in [6, 6.07) is 17.9. The third-order valence-electron chi connectivity index (χ3n) is 5.20. The van der Waals surface area contributed by atoms with Gasteiger partial charge in [0.1, 0.15) is 11.6 Å². The summed E-state index contributed by atoms with van der Waals surface area (Å²) in [5.74, 6) is -1.39. The molecule has 1 atom stereocenters. The first-order chi connectivity index (χ1) is 16.1. The minimum Gasteiger partial charge on any atom is -0.475 e. The van der Waals surface area contributed by atoms with E-state index in [1.165, 1.54) is 0 Å². The highest BCUT2D eigenvalue weighted by atomic mass is 19.4. The number of hydrogen-bond acceptors (Lipinski definition) is 6. The van der Waals surface area contributed by atoms with Crippen molar-refractivity contribution < 1.29 is 27.9 Å². The van der Waals surface area contributed by atoms with E-state index in [-0.39, 0.29) is 11.9 Å². The maximum Gasteiger partial charge on any atom is 0.490 e. The van der Waals surface area contributed by atoms with Crippen molar-refractivity contribution in [2.24, 2.45) is 0 Å². The van der Waals surface area contributed by atoms with E-state index >= 15 is 0 Å². The van der Waals surface area contributed by atoms with Gasteiger partial charge in [-0.05, 0) is 24.1 Å². The first-order valence-corrected chi connectivity index (χ1v) is 10.5. The summed E-state index contributed by atoms with van der Waals surface area (Å²) < 4.78 is 31.7. The Morgan fingerprint density at radius 3 is 2.38 bits per heavy atom. The molecule has 1 aromatic heterocycles. The number of para-hydroxylation sites is 1. The first-order valence-electron chi connectivity index (χ1n) is 10.5. The summed E-state index contributed by atoms with van der Waals surface area (Å²) in [7, 11) is 0. The van der Waals surface area contributed by atoms with Gasteiger partial charge in [-0.1, -0.05) is 42.5 Å². The number of amides is 1. The molecule has 2 heterocycles. The van der Waals surface area contributed by atoms with E-state index < -0.39 is 12.1 Å². The zero-order chi connectivity index (χ0) is 24.7. The van der Waals surface area contributed by atoms with Gasteiger partial charge in [-0.15, -0.1) is 0 Å². The number of halogens is 3. The van der Waals surface area contributed by atoms with E-state index in [0.717, 1.165) is 29.4 Å². The Labute approximate surface area is 193 Å². The van der Waals surface area contributed by atoms with Crippen LogP contribution in [0.1, 0.15) is 30.3 Å². The van der Waals surface area contributed by atoms with Crippen LogP contribution < -0.4 is 11.1 Å². The predicted octanol–water partition coefficient (Wildman–Crippen LogP) is 3.30. The Morgan fingerprint density at radius 1 is 1.12 bits per heavy atom. The number of aromatic nitrogens is 2. The summed E-state index contributed by atoms with van der Waals surface area (Å²) in [6.45, 7) is 1.95. The molecule has 1 aliphatic rings. The summed E-state index contributed by atoms with van der Waals surface area (Å²) in [6.07, 6.45) is -3.50. The highest BCUT2D eigenvalue weighted by Gasteiger charge is 2.38. The molecule has 1 aliphatic heterocycles. The highest BCUT2D eigenvalue weighted by Crippen LogP contribution is 2.20. The number of nitrogen functional groups attached to an aromatic ring is 1. The fourth-order valence-electron chi connectivity index (χ4n) is 3.54. The summed E-state index contributed by atoms with van der Waals surface area (Å²) in [5.41, 5.74) is 8.08. The molecule has 1 amide bonds. The lowest BCUT2D eigenvalue weighted by atomic mass is 10.1. The number of rotatable bonds is 6. The van der Waals surface area contributed by atoms with Gasteiger partial charge >= 0.3 is 12.1 Å². The monoisotopic (exact) mass is 475 g/mol. The van der Waals surface area contributed by atoms with Crippen LogP contribution in [-0.4, -0.2) is 51.1 Å². The van der Waals surface area contributed by atoms with Crippen LogP contribution in [0.15, 0.2) is 54.6 Å². The molecule has 1 fully saturated rings. The number of nitrogens with zero attached hydrogens (tertiary/aromatic N) is 3. The molecule has 0 radical (unpaired) electrons. The van der Waals surface area contributed by atoms with Crippen molar-refractivity contribution >= 4 is 28.6 Å². The third-order valence-corrected chi connectivity index (χ3v) is 5.20. The van der Waals surface area contributed by atoms with E-state index in [4.69, 9.17) is 15.6 Å². The van der Waals surface area contributed by atoms with Crippen molar-refractivity contribution in [1.29, 1.82) is 0 Å². The fourth-order valence-corrected chi connectivity index (χ4v) is 3.54. The number of likely N-dealkylation sites (tertiary alicyclic amines) is 1. The lowest BCUT2D eigenvalue weighted by Gasteiger charge is -2.25. The standard InChI is InChI=1S/C21H23N5O.C2HF3O2/c22-21-16-9-4-5-10-17(16)24-19(25-21)13-23-18(15-7-2-1-3-8-15)14-26-12-6-11-20(26)27;3-2(4,5)1(6)7/h1-5,7-10,18,23H,6,11-14H2,(H2,22,24,25);(H,6,7). The van der Waals surface area contributed by atoms with Gasteiger partial charge in [-0.25, -0.2) is 14.8 Å². The average Bonchev–Trinajstić information content (AvgIpc) is 3.21. The van der Waals surface area contributed by atoms with Crippen molar-refractivity contribution in [3.05, 3.63) is 66.0 Å². The molecular formula is C23H24F3N5O3. The number of carbonyl (C=O) groups is 2. The SMILES string of the molecule is Nc1nc(CNC(CN2CCCC2=O)c2ccccc2)nc2ccccc12.O=C(O)C(F)(F)F. The van der Waals surface area contributed by atoms with Gasteiger partial charge in [0.05, 0.1) is 18.1 Å². The van der Waals surface area contributed by atoms with E-state index in [1.54, 1.807) is 0 Å². The van der Waals surface area contributed by atoms with E-state index in [2.05, 4.69) is 27.4 Å². The quantitative estimate of drug-likeness (QED) is 0.500. The number of anilines is 1. The zero-order valence-electron chi connectivity index (χ0n) is 18.1. The number of fused-ring (bicyclic) bond motifs is 1. The minimum absolute atomic E-state index is 0.0181. The molecule has 0 saturated carbocycles. The van der Waals surface area contributed by atoms with Crippen LogP contribution >= 0.6 is 0 Å². The van der Waals surface area contributed by atoms with Crippen molar-refractivity contribution in [3.8, 4) is 0 Å². The van der Waals surface area contributed by atoms with Gasteiger partial charge in [-0.2, -0.15) is 13.2 Å². The Balaban J connectivity index is 0.000000406. The zero-order valence-corrected chi connectivity index (χ0v) is 18.1. The van der Waals surface area contributed by atoms with Gasteiger partial charge in [-0.3, -0.25) is 4.79 Å². The number of carboxylic acids is 1. The second kappa shape index (κ2) is 10.9.